The maximum Gasteiger partial charge on any atom is 0.243 e. The summed E-state index contributed by atoms with van der Waals surface area (Å²) in [4.78, 5) is 19.9. The monoisotopic (exact) mass is 352 g/mol. The number of rotatable bonds is 5. The molecule has 0 saturated heterocycles. The molecule has 0 saturated carbocycles. The number of nitrogens with one attached hydrogen (secondary N) is 3. The zero-order chi connectivity index (χ0) is 17.9. The highest BCUT2D eigenvalue weighted by molar-refractivity contribution is 5.83. The van der Waals surface area contributed by atoms with Gasteiger partial charge in [0.1, 0.15) is 11.8 Å². The lowest BCUT2D eigenvalue weighted by molar-refractivity contribution is -0.123. The van der Waals surface area contributed by atoms with E-state index in [1.165, 1.54) is 0 Å². The fourth-order valence-corrected chi connectivity index (χ4v) is 3.07. The van der Waals surface area contributed by atoms with E-state index in [9.17, 15) is 4.79 Å². The normalized spacial score (nSPS) is 16.1. The van der Waals surface area contributed by atoms with Crippen LogP contribution in [0.3, 0.4) is 0 Å². The van der Waals surface area contributed by atoms with E-state index in [2.05, 4.69) is 25.7 Å². The molecule has 26 heavy (non-hydrogen) atoms. The number of hydrogen-bond donors (Lipinski definition) is 3. The number of fused-ring (bicyclic) bond motifs is 1. The molecule has 3 N–H and O–H groups in total. The molecule has 8 heteroatoms. The van der Waals surface area contributed by atoms with E-state index in [1.807, 2.05) is 30.5 Å². The third kappa shape index (κ3) is 3.18. The second-order valence-corrected chi connectivity index (χ2v) is 6.12. The molecule has 4 rings (SSSR count). The summed E-state index contributed by atoms with van der Waals surface area (Å²) in [5, 5.41) is 10.5. The summed E-state index contributed by atoms with van der Waals surface area (Å²) in [6, 6.07) is 7.23. The number of aromatic nitrogens is 4. The number of amides is 1. The number of benzene rings is 1. The number of carbonyl (C=O) groups is 1. The highest BCUT2D eigenvalue weighted by atomic mass is 16.5. The van der Waals surface area contributed by atoms with Gasteiger partial charge in [-0.2, -0.15) is 5.10 Å². The van der Waals surface area contributed by atoms with E-state index in [4.69, 9.17) is 4.74 Å². The van der Waals surface area contributed by atoms with Crippen LogP contribution in [-0.2, 0) is 17.8 Å². The van der Waals surface area contributed by atoms with E-state index >= 15 is 0 Å². The smallest absolute Gasteiger partial charge is 0.243 e. The lowest BCUT2D eigenvalue weighted by Crippen LogP contribution is -2.41. The van der Waals surface area contributed by atoms with Crippen LogP contribution in [0.4, 0.5) is 0 Å². The van der Waals surface area contributed by atoms with Crippen molar-refractivity contribution in [1.82, 2.24) is 30.4 Å². The SMILES string of the molecule is COc1cccc(-n2cc(CNC(=O)C3NCCc4[nH]cnc43)cn2)c1. The summed E-state index contributed by atoms with van der Waals surface area (Å²) < 4.78 is 7.00. The molecule has 8 nitrogen and oxygen atoms in total. The molecule has 1 aliphatic heterocycles. The maximum absolute atomic E-state index is 12.5. The minimum atomic E-state index is -0.418. The van der Waals surface area contributed by atoms with Crippen molar-refractivity contribution in [2.24, 2.45) is 0 Å². The summed E-state index contributed by atoms with van der Waals surface area (Å²) in [6.07, 6.45) is 6.12. The number of aromatic amines is 1. The van der Waals surface area contributed by atoms with Gasteiger partial charge in [-0.15, -0.1) is 0 Å². The Labute approximate surface area is 150 Å². The number of ether oxygens (including phenoxy) is 1. The van der Waals surface area contributed by atoms with Crippen LogP contribution in [0.2, 0.25) is 0 Å². The zero-order valence-corrected chi connectivity index (χ0v) is 14.4. The maximum atomic E-state index is 12.5. The third-order valence-electron chi connectivity index (χ3n) is 4.43. The summed E-state index contributed by atoms with van der Waals surface area (Å²) in [5.74, 6) is 0.679. The first-order chi connectivity index (χ1) is 12.7. The van der Waals surface area contributed by atoms with Gasteiger partial charge in [-0.05, 0) is 12.1 Å². The van der Waals surface area contributed by atoms with Crippen LogP contribution < -0.4 is 15.4 Å². The molecule has 0 fully saturated rings. The molecule has 1 unspecified atom stereocenters. The summed E-state index contributed by atoms with van der Waals surface area (Å²) >= 11 is 0. The van der Waals surface area contributed by atoms with Crippen molar-refractivity contribution in [3.05, 3.63) is 59.9 Å². The Balaban J connectivity index is 1.41. The van der Waals surface area contributed by atoms with Crippen LogP contribution in [-0.4, -0.2) is 39.3 Å². The van der Waals surface area contributed by atoms with Gasteiger partial charge in [-0.1, -0.05) is 6.07 Å². The van der Waals surface area contributed by atoms with Gasteiger partial charge in [-0.3, -0.25) is 4.79 Å². The Morgan fingerprint density at radius 2 is 2.38 bits per heavy atom. The Hall–Kier alpha value is -3.13. The van der Waals surface area contributed by atoms with Gasteiger partial charge >= 0.3 is 0 Å². The van der Waals surface area contributed by atoms with Crippen molar-refractivity contribution in [1.29, 1.82) is 0 Å². The predicted octanol–water partition coefficient (Wildman–Crippen LogP) is 1.11. The quantitative estimate of drug-likeness (QED) is 0.639. The number of nitrogens with zero attached hydrogens (tertiary/aromatic N) is 3. The Bertz CT molecular complexity index is 916. The molecule has 1 aromatic carbocycles. The van der Waals surface area contributed by atoms with Gasteiger partial charge in [0.15, 0.2) is 0 Å². The van der Waals surface area contributed by atoms with Gasteiger partial charge < -0.3 is 20.4 Å². The molecular formula is C18H20N6O2. The number of carbonyl (C=O) groups excluding carboxylic acids is 1. The molecular weight excluding hydrogens is 332 g/mol. The standard InChI is InChI=1S/C18H20N6O2/c1-26-14-4-2-3-13(7-14)24-10-12(9-23-24)8-20-18(25)17-16-15(5-6-19-17)21-11-22-16/h2-4,7,9-11,17,19H,5-6,8H2,1H3,(H,20,25)(H,21,22). The molecule has 1 atom stereocenters. The first-order valence-corrected chi connectivity index (χ1v) is 8.46. The first-order valence-electron chi connectivity index (χ1n) is 8.46. The van der Waals surface area contributed by atoms with Crippen molar-refractivity contribution in [2.45, 2.75) is 19.0 Å². The van der Waals surface area contributed by atoms with Crippen molar-refractivity contribution >= 4 is 5.91 Å². The molecule has 0 aliphatic carbocycles. The molecule has 0 radical (unpaired) electrons. The van der Waals surface area contributed by atoms with Crippen LogP contribution in [0.5, 0.6) is 5.75 Å². The molecule has 1 aliphatic rings. The van der Waals surface area contributed by atoms with E-state index in [0.717, 1.165) is 41.4 Å². The second kappa shape index (κ2) is 7.01. The van der Waals surface area contributed by atoms with Crippen molar-refractivity contribution < 1.29 is 9.53 Å². The fourth-order valence-electron chi connectivity index (χ4n) is 3.07. The molecule has 0 bridgehead atoms. The van der Waals surface area contributed by atoms with Gasteiger partial charge in [-0.25, -0.2) is 9.67 Å². The number of H-pyrrole nitrogens is 1. The zero-order valence-electron chi connectivity index (χ0n) is 14.4. The topological polar surface area (TPSA) is 96.9 Å². The third-order valence-corrected chi connectivity index (χ3v) is 4.43. The molecule has 3 aromatic rings. The Morgan fingerprint density at radius 3 is 3.27 bits per heavy atom. The lowest BCUT2D eigenvalue weighted by atomic mass is 10.1. The fraction of sp³-hybridized carbons (Fsp3) is 0.278. The van der Waals surface area contributed by atoms with E-state index in [0.29, 0.717) is 6.54 Å². The minimum absolute atomic E-state index is 0.0906. The number of hydrogen-bond acceptors (Lipinski definition) is 5. The van der Waals surface area contributed by atoms with Crippen LogP contribution in [0.15, 0.2) is 43.0 Å². The van der Waals surface area contributed by atoms with Crippen LogP contribution in [0.25, 0.3) is 5.69 Å². The van der Waals surface area contributed by atoms with Gasteiger partial charge in [0.2, 0.25) is 5.91 Å². The summed E-state index contributed by atoms with van der Waals surface area (Å²) in [5.41, 5.74) is 3.62. The van der Waals surface area contributed by atoms with Crippen molar-refractivity contribution in [2.75, 3.05) is 13.7 Å². The average Bonchev–Trinajstić information content (AvgIpc) is 3.35. The minimum Gasteiger partial charge on any atom is -0.497 e. The van der Waals surface area contributed by atoms with Crippen LogP contribution in [0.1, 0.15) is 23.0 Å². The lowest BCUT2D eigenvalue weighted by Gasteiger charge is -2.22. The first kappa shape index (κ1) is 16.3. The second-order valence-electron chi connectivity index (χ2n) is 6.12. The summed E-state index contributed by atoms with van der Waals surface area (Å²) in [7, 11) is 1.63. The van der Waals surface area contributed by atoms with Gasteiger partial charge in [0.25, 0.3) is 0 Å². The van der Waals surface area contributed by atoms with Gasteiger partial charge in [0.05, 0.1) is 31.0 Å². The van der Waals surface area contributed by atoms with E-state index in [-0.39, 0.29) is 5.91 Å². The molecule has 0 spiro atoms. The average molecular weight is 352 g/mol. The molecule has 1 amide bonds. The van der Waals surface area contributed by atoms with Gasteiger partial charge in [0, 0.05) is 43.0 Å². The highest BCUT2D eigenvalue weighted by Gasteiger charge is 2.28. The van der Waals surface area contributed by atoms with E-state index < -0.39 is 6.04 Å². The Kier molecular flexibility index (Phi) is 4.40. The molecule has 134 valence electrons. The number of methoxy groups -OCH3 is 1. The van der Waals surface area contributed by atoms with Crippen molar-refractivity contribution in [3.8, 4) is 11.4 Å². The van der Waals surface area contributed by atoms with Crippen LogP contribution >= 0.6 is 0 Å². The van der Waals surface area contributed by atoms with Crippen molar-refractivity contribution in [3.63, 3.8) is 0 Å². The van der Waals surface area contributed by atoms with E-state index in [1.54, 1.807) is 24.3 Å². The Morgan fingerprint density at radius 1 is 1.46 bits per heavy atom. The molecule has 2 aromatic heterocycles. The highest BCUT2D eigenvalue weighted by Crippen LogP contribution is 2.19. The van der Waals surface area contributed by atoms with Crippen LogP contribution in [0, 0.1) is 0 Å². The largest absolute Gasteiger partial charge is 0.497 e. The predicted molar refractivity (Wildman–Crippen MR) is 95.0 cm³/mol. The molecule has 3 heterocycles. The number of imidazole rings is 1. The summed E-state index contributed by atoms with van der Waals surface area (Å²) in [6.45, 7) is 1.15.